The van der Waals surface area contributed by atoms with Gasteiger partial charge in [-0.25, -0.2) is 9.97 Å². The lowest BCUT2D eigenvalue weighted by Crippen LogP contribution is -2.32. The van der Waals surface area contributed by atoms with Crippen LogP contribution in [0.5, 0.6) is 0 Å². The van der Waals surface area contributed by atoms with Crippen molar-refractivity contribution in [1.29, 1.82) is 0 Å². The number of hydrogen-bond acceptors (Lipinski definition) is 6. The molecule has 0 aromatic carbocycles. The van der Waals surface area contributed by atoms with Crippen LogP contribution in [0, 0.1) is 5.41 Å². The lowest BCUT2D eigenvalue weighted by molar-refractivity contribution is 0.127. The number of nitrogens with one attached hydrogen (secondary N) is 2. The first kappa shape index (κ1) is 18.0. The third kappa shape index (κ3) is 5.36. The molecule has 21 heavy (non-hydrogen) atoms. The number of aromatic nitrogens is 2. The average molecular weight is 312 g/mol. The van der Waals surface area contributed by atoms with Gasteiger partial charge in [0.25, 0.3) is 0 Å². The Morgan fingerprint density at radius 1 is 1.14 bits per heavy atom. The van der Waals surface area contributed by atoms with Crippen LogP contribution in [-0.4, -0.2) is 41.0 Å². The minimum Gasteiger partial charge on any atom is -0.396 e. The van der Waals surface area contributed by atoms with Crippen LogP contribution in [-0.2, 0) is 0 Å². The second-order valence-electron chi connectivity index (χ2n) is 5.27. The molecule has 3 N–H and O–H groups in total. The van der Waals surface area contributed by atoms with E-state index in [-0.39, 0.29) is 12.0 Å². The molecule has 1 aromatic heterocycles. The molecule has 1 rings (SSSR count). The van der Waals surface area contributed by atoms with E-state index in [2.05, 4.69) is 41.4 Å². The Balaban J connectivity index is 2.81. The SMILES string of the molecule is CCCNc1cc(NCC(CC)(CC)CO)nc(SC)n1. The molecule has 1 heterocycles. The third-order valence-electron chi connectivity index (χ3n) is 3.92. The van der Waals surface area contributed by atoms with Crippen molar-refractivity contribution in [1.82, 2.24) is 9.97 Å². The Hall–Kier alpha value is -1.01. The van der Waals surface area contributed by atoms with Gasteiger partial charge in [-0.15, -0.1) is 0 Å². The Morgan fingerprint density at radius 2 is 1.76 bits per heavy atom. The first-order chi connectivity index (χ1) is 10.1. The van der Waals surface area contributed by atoms with Crippen LogP contribution >= 0.6 is 11.8 Å². The fraction of sp³-hybridized carbons (Fsp3) is 0.733. The fourth-order valence-electron chi connectivity index (χ4n) is 2.01. The molecule has 0 atom stereocenters. The highest BCUT2D eigenvalue weighted by Gasteiger charge is 2.25. The zero-order valence-corrected chi connectivity index (χ0v) is 14.4. The van der Waals surface area contributed by atoms with Gasteiger partial charge in [-0.1, -0.05) is 32.5 Å². The molecule has 120 valence electrons. The van der Waals surface area contributed by atoms with Crippen LogP contribution in [0.4, 0.5) is 11.6 Å². The van der Waals surface area contributed by atoms with Crippen LogP contribution in [0.2, 0.25) is 0 Å². The first-order valence-electron chi connectivity index (χ1n) is 7.64. The molecule has 0 unspecified atom stereocenters. The standard InChI is InChI=1S/C15H28N4OS/c1-5-8-16-12-9-13(19-14(18-12)21-4)17-10-15(6-2,7-3)11-20/h9,20H,5-8,10-11H2,1-4H3,(H2,16,17,18,19). The Kier molecular flexibility index (Phi) is 7.82. The van der Waals surface area contributed by atoms with E-state index in [9.17, 15) is 5.11 Å². The van der Waals surface area contributed by atoms with Crippen LogP contribution < -0.4 is 10.6 Å². The molecule has 0 aliphatic heterocycles. The molecular weight excluding hydrogens is 284 g/mol. The number of hydrogen-bond donors (Lipinski definition) is 3. The number of aliphatic hydroxyl groups is 1. The molecule has 0 saturated heterocycles. The van der Waals surface area contributed by atoms with Crippen molar-refractivity contribution in [2.75, 3.05) is 36.6 Å². The number of nitrogens with zero attached hydrogens (tertiary/aromatic N) is 2. The normalized spacial score (nSPS) is 11.5. The van der Waals surface area contributed by atoms with Crippen LogP contribution in [0.1, 0.15) is 40.0 Å². The molecule has 0 aliphatic rings. The summed E-state index contributed by atoms with van der Waals surface area (Å²) in [4.78, 5) is 8.93. The summed E-state index contributed by atoms with van der Waals surface area (Å²) in [5.74, 6) is 1.66. The van der Waals surface area contributed by atoms with Crippen LogP contribution in [0.25, 0.3) is 0 Å². The summed E-state index contributed by atoms with van der Waals surface area (Å²) in [5, 5.41) is 17.0. The molecule has 0 saturated carbocycles. The Labute approximate surface area is 132 Å². The molecule has 0 amide bonds. The van der Waals surface area contributed by atoms with Gasteiger partial charge in [0, 0.05) is 24.6 Å². The van der Waals surface area contributed by atoms with E-state index in [4.69, 9.17) is 0 Å². The molecule has 6 heteroatoms. The van der Waals surface area contributed by atoms with E-state index in [1.807, 2.05) is 12.3 Å². The van der Waals surface area contributed by atoms with E-state index in [1.165, 1.54) is 11.8 Å². The van der Waals surface area contributed by atoms with Crippen molar-refractivity contribution in [2.45, 2.75) is 45.2 Å². The molecule has 0 radical (unpaired) electrons. The number of rotatable bonds is 10. The van der Waals surface area contributed by atoms with Gasteiger partial charge in [-0.05, 0) is 25.5 Å². The second-order valence-corrected chi connectivity index (χ2v) is 6.04. The van der Waals surface area contributed by atoms with Crippen molar-refractivity contribution >= 4 is 23.4 Å². The zero-order valence-electron chi connectivity index (χ0n) is 13.6. The summed E-state index contributed by atoms with van der Waals surface area (Å²) in [7, 11) is 0. The predicted molar refractivity (Wildman–Crippen MR) is 91.2 cm³/mol. The highest BCUT2D eigenvalue weighted by Crippen LogP contribution is 2.26. The van der Waals surface area contributed by atoms with Gasteiger partial charge in [-0.3, -0.25) is 0 Å². The van der Waals surface area contributed by atoms with Crippen LogP contribution in [0.3, 0.4) is 0 Å². The molecular formula is C15H28N4OS. The maximum absolute atomic E-state index is 9.64. The summed E-state index contributed by atoms with van der Waals surface area (Å²) >= 11 is 1.53. The average Bonchev–Trinajstić information content (AvgIpc) is 2.54. The maximum Gasteiger partial charge on any atom is 0.191 e. The molecule has 0 spiro atoms. The predicted octanol–water partition coefficient (Wildman–Crippen LogP) is 3.23. The number of thioether (sulfide) groups is 1. The number of aliphatic hydroxyl groups excluding tert-OH is 1. The van der Waals surface area contributed by atoms with E-state index < -0.39 is 0 Å². The largest absolute Gasteiger partial charge is 0.396 e. The highest BCUT2D eigenvalue weighted by molar-refractivity contribution is 7.98. The minimum absolute atomic E-state index is 0.0819. The van der Waals surface area contributed by atoms with Gasteiger partial charge in [0.1, 0.15) is 11.6 Å². The maximum atomic E-state index is 9.64. The highest BCUT2D eigenvalue weighted by atomic mass is 32.2. The van der Waals surface area contributed by atoms with E-state index in [1.54, 1.807) is 0 Å². The van der Waals surface area contributed by atoms with Gasteiger partial charge in [0.2, 0.25) is 0 Å². The Morgan fingerprint density at radius 3 is 2.24 bits per heavy atom. The summed E-state index contributed by atoms with van der Waals surface area (Å²) in [6, 6.07) is 1.93. The van der Waals surface area contributed by atoms with Crippen molar-refractivity contribution in [2.24, 2.45) is 5.41 Å². The Bertz CT molecular complexity index is 416. The zero-order chi connectivity index (χ0) is 15.7. The fourth-order valence-corrected chi connectivity index (χ4v) is 2.39. The van der Waals surface area contributed by atoms with Gasteiger partial charge in [0.15, 0.2) is 5.16 Å². The summed E-state index contributed by atoms with van der Waals surface area (Å²) in [5.41, 5.74) is -0.0819. The van der Waals surface area contributed by atoms with Gasteiger partial charge >= 0.3 is 0 Å². The van der Waals surface area contributed by atoms with E-state index in [0.717, 1.165) is 42.6 Å². The van der Waals surface area contributed by atoms with Crippen molar-refractivity contribution in [3.8, 4) is 0 Å². The monoisotopic (exact) mass is 312 g/mol. The molecule has 1 aromatic rings. The van der Waals surface area contributed by atoms with Gasteiger partial charge in [-0.2, -0.15) is 0 Å². The number of anilines is 2. The topological polar surface area (TPSA) is 70.1 Å². The lowest BCUT2D eigenvalue weighted by atomic mass is 9.83. The molecule has 0 bridgehead atoms. The third-order valence-corrected chi connectivity index (χ3v) is 4.47. The molecule has 5 nitrogen and oxygen atoms in total. The van der Waals surface area contributed by atoms with E-state index in [0.29, 0.717) is 6.54 Å². The summed E-state index contributed by atoms with van der Waals surface area (Å²) in [6.45, 7) is 8.16. The van der Waals surface area contributed by atoms with Crippen molar-refractivity contribution in [3.05, 3.63) is 6.07 Å². The van der Waals surface area contributed by atoms with E-state index >= 15 is 0 Å². The second kappa shape index (κ2) is 9.10. The first-order valence-corrected chi connectivity index (χ1v) is 8.87. The smallest absolute Gasteiger partial charge is 0.191 e. The molecule has 0 fully saturated rings. The lowest BCUT2D eigenvalue weighted by Gasteiger charge is -2.29. The van der Waals surface area contributed by atoms with Crippen molar-refractivity contribution in [3.63, 3.8) is 0 Å². The minimum atomic E-state index is -0.0819. The summed E-state index contributed by atoms with van der Waals surface area (Å²) in [6.07, 6.45) is 4.91. The van der Waals surface area contributed by atoms with Crippen molar-refractivity contribution < 1.29 is 5.11 Å². The van der Waals surface area contributed by atoms with Crippen LogP contribution in [0.15, 0.2) is 11.2 Å². The molecule has 0 aliphatic carbocycles. The van der Waals surface area contributed by atoms with Gasteiger partial charge < -0.3 is 15.7 Å². The van der Waals surface area contributed by atoms with Gasteiger partial charge in [0.05, 0.1) is 6.61 Å². The summed E-state index contributed by atoms with van der Waals surface area (Å²) < 4.78 is 0. The quantitative estimate of drug-likeness (QED) is 0.455.